The third kappa shape index (κ3) is 8.05. The number of rotatable bonds is 7. The summed E-state index contributed by atoms with van der Waals surface area (Å²) in [6.45, 7) is 4.01. The molecule has 1 heterocycles. The van der Waals surface area contributed by atoms with Crippen LogP contribution in [0, 0.1) is 0 Å². The third-order valence-electron chi connectivity index (χ3n) is 5.14. The largest absolute Gasteiger partial charge is 0.351 e. The van der Waals surface area contributed by atoms with Gasteiger partial charge in [0.2, 0.25) is 11.8 Å². The van der Waals surface area contributed by atoms with Crippen LogP contribution in [-0.4, -0.2) is 60.9 Å². The molecule has 2 aromatic rings. The minimum Gasteiger partial charge on any atom is -0.351 e. The molecule has 5 nitrogen and oxygen atoms in total. The zero-order chi connectivity index (χ0) is 23.8. The van der Waals surface area contributed by atoms with E-state index in [9.17, 15) is 9.59 Å². The molecule has 1 aliphatic rings. The van der Waals surface area contributed by atoms with Gasteiger partial charge in [0.15, 0.2) is 0 Å². The molecule has 1 N–H and O–H groups in total. The Kier molecular flexibility index (Phi) is 9.65. The maximum absolute atomic E-state index is 12.4. The molecule has 1 aliphatic heterocycles. The second kappa shape index (κ2) is 12.4. The molecule has 0 atom stereocenters. The van der Waals surface area contributed by atoms with Gasteiger partial charge >= 0.3 is 0 Å². The SMILES string of the molecule is O=C(/C=C/c1ccc(Cl)c(Cl)c1)NCCN1CCN(C(=O)/C=C/c2ccc(Cl)c(Cl)c2)CC1. The Balaban J connectivity index is 1.36. The number of amides is 2. The number of hydrogen-bond donors (Lipinski definition) is 1. The van der Waals surface area contributed by atoms with Crippen LogP contribution in [0.3, 0.4) is 0 Å². The fraction of sp³-hybridized carbons (Fsp3) is 0.250. The summed E-state index contributed by atoms with van der Waals surface area (Å²) in [5.41, 5.74) is 1.62. The van der Waals surface area contributed by atoms with E-state index in [1.54, 1.807) is 48.6 Å². The van der Waals surface area contributed by atoms with Gasteiger partial charge in [-0.05, 0) is 47.5 Å². The van der Waals surface area contributed by atoms with Gasteiger partial charge in [-0.3, -0.25) is 14.5 Å². The minimum atomic E-state index is -0.178. The fourth-order valence-corrected chi connectivity index (χ4v) is 3.88. The Hall–Kier alpha value is -2.02. The van der Waals surface area contributed by atoms with Crippen LogP contribution < -0.4 is 5.32 Å². The quantitative estimate of drug-likeness (QED) is 0.499. The number of carbonyl (C=O) groups is 2. The lowest BCUT2D eigenvalue weighted by Crippen LogP contribution is -2.49. The van der Waals surface area contributed by atoms with E-state index < -0.39 is 0 Å². The second-order valence-corrected chi connectivity index (χ2v) is 9.10. The van der Waals surface area contributed by atoms with E-state index in [1.807, 2.05) is 11.0 Å². The Bertz CT molecular complexity index is 1060. The van der Waals surface area contributed by atoms with Crippen LogP contribution in [0.2, 0.25) is 20.1 Å². The predicted octanol–water partition coefficient (Wildman–Crippen LogP) is 5.29. The van der Waals surface area contributed by atoms with Crippen LogP contribution in [0.1, 0.15) is 11.1 Å². The van der Waals surface area contributed by atoms with Gasteiger partial charge in [-0.1, -0.05) is 58.5 Å². The summed E-state index contributed by atoms with van der Waals surface area (Å²) in [6.07, 6.45) is 6.44. The maximum Gasteiger partial charge on any atom is 0.246 e. The summed E-state index contributed by atoms with van der Waals surface area (Å²) in [5.74, 6) is -0.219. The van der Waals surface area contributed by atoms with Crippen molar-refractivity contribution < 1.29 is 9.59 Å². The van der Waals surface area contributed by atoms with Crippen molar-refractivity contribution in [3.8, 4) is 0 Å². The molecule has 0 saturated carbocycles. The average molecular weight is 527 g/mol. The molecular formula is C24H23Cl4N3O2. The number of nitrogens with one attached hydrogen (secondary N) is 1. The monoisotopic (exact) mass is 525 g/mol. The fourth-order valence-electron chi connectivity index (χ4n) is 3.26. The van der Waals surface area contributed by atoms with Crippen LogP contribution in [0.5, 0.6) is 0 Å². The zero-order valence-electron chi connectivity index (χ0n) is 17.7. The summed E-state index contributed by atoms with van der Waals surface area (Å²) in [6, 6.07) is 10.4. The Morgan fingerprint density at radius 2 is 1.33 bits per heavy atom. The van der Waals surface area contributed by atoms with Crippen molar-refractivity contribution >= 4 is 70.4 Å². The van der Waals surface area contributed by atoms with Crippen molar-refractivity contribution in [2.75, 3.05) is 39.3 Å². The van der Waals surface area contributed by atoms with E-state index in [-0.39, 0.29) is 11.8 Å². The number of halogens is 4. The highest BCUT2D eigenvalue weighted by Gasteiger charge is 2.19. The minimum absolute atomic E-state index is 0.0403. The van der Waals surface area contributed by atoms with Crippen molar-refractivity contribution in [2.45, 2.75) is 0 Å². The molecule has 0 radical (unpaired) electrons. The first kappa shape index (κ1) is 25.6. The second-order valence-electron chi connectivity index (χ2n) is 7.47. The first-order valence-corrected chi connectivity index (χ1v) is 11.9. The summed E-state index contributed by atoms with van der Waals surface area (Å²) in [4.78, 5) is 28.5. The van der Waals surface area contributed by atoms with Gasteiger partial charge in [-0.2, -0.15) is 0 Å². The van der Waals surface area contributed by atoms with Gasteiger partial charge in [0.05, 0.1) is 20.1 Å². The highest BCUT2D eigenvalue weighted by Crippen LogP contribution is 2.24. The highest BCUT2D eigenvalue weighted by molar-refractivity contribution is 6.42. The van der Waals surface area contributed by atoms with Crippen LogP contribution in [-0.2, 0) is 9.59 Å². The van der Waals surface area contributed by atoms with E-state index in [0.717, 1.165) is 24.2 Å². The smallest absolute Gasteiger partial charge is 0.246 e. The van der Waals surface area contributed by atoms with E-state index in [1.165, 1.54) is 6.08 Å². The third-order valence-corrected chi connectivity index (χ3v) is 6.62. The van der Waals surface area contributed by atoms with Gasteiger partial charge in [0.25, 0.3) is 0 Å². The Morgan fingerprint density at radius 1 is 0.788 bits per heavy atom. The molecule has 0 spiro atoms. The highest BCUT2D eigenvalue weighted by atomic mass is 35.5. The van der Waals surface area contributed by atoms with Crippen LogP contribution >= 0.6 is 46.4 Å². The molecule has 1 fully saturated rings. The maximum atomic E-state index is 12.4. The van der Waals surface area contributed by atoms with Crippen molar-refractivity contribution in [3.63, 3.8) is 0 Å². The van der Waals surface area contributed by atoms with E-state index in [0.29, 0.717) is 46.3 Å². The molecule has 0 aromatic heterocycles. The number of nitrogens with zero attached hydrogens (tertiary/aromatic N) is 2. The first-order chi connectivity index (χ1) is 15.8. The molecule has 0 aliphatic carbocycles. The molecule has 1 saturated heterocycles. The summed E-state index contributed by atoms with van der Waals surface area (Å²) in [7, 11) is 0. The van der Waals surface area contributed by atoms with Gasteiger partial charge in [-0.15, -0.1) is 0 Å². The lowest BCUT2D eigenvalue weighted by atomic mass is 10.2. The van der Waals surface area contributed by atoms with Crippen molar-refractivity contribution in [1.82, 2.24) is 15.1 Å². The zero-order valence-corrected chi connectivity index (χ0v) is 20.8. The number of hydrogen-bond acceptors (Lipinski definition) is 3. The molecule has 9 heteroatoms. The average Bonchev–Trinajstić information content (AvgIpc) is 2.81. The molecule has 33 heavy (non-hydrogen) atoms. The predicted molar refractivity (Wildman–Crippen MR) is 137 cm³/mol. The number of carbonyl (C=O) groups excluding carboxylic acids is 2. The van der Waals surface area contributed by atoms with Crippen molar-refractivity contribution in [3.05, 3.63) is 79.8 Å². The molecule has 0 bridgehead atoms. The molecular weight excluding hydrogens is 504 g/mol. The van der Waals surface area contributed by atoms with E-state index in [4.69, 9.17) is 46.4 Å². The molecule has 2 amide bonds. The molecule has 0 unspecified atom stereocenters. The van der Waals surface area contributed by atoms with Crippen LogP contribution in [0.25, 0.3) is 12.2 Å². The topological polar surface area (TPSA) is 52.7 Å². The van der Waals surface area contributed by atoms with Gasteiger partial charge < -0.3 is 10.2 Å². The van der Waals surface area contributed by atoms with Gasteiger partial charge in [0.1, 0.15) is 0 Å². The van der Waals surface area contributed by atoms with Crippen LogP contribution in [0.15, 0.2) is 48.6 Å². The standard InChI is InChI=1S/C24H23Cl4N3O2/c25-19-5-1-17(15-21(19)27)3-7-23(32)29-9-10-30-11-13-31(14-12-30)24(33)8-4-18-2-6-20(26)22(28)16-18/h1-8,15-16H,9-14H2,(H,29,32)/b7-3+,8-4+. The lowest BCUT2D eigenvalue weighted by molar-refractivity contribution is -0.127. The normalized spacial score (nSPS) is 14.8. The summed E-state index contributed by atoms with van der Waals surface area (Å²) >= 11 is 23.8. The van der Waals surface area contributed by atoms with Gasteiger partial charge in [0, 0.05) is 51.4 Å². The molecule has 2 aromatic carbocycles. The lowest BCUT2D eigenvalue weighted by Gasteiger charge is -2.34. The molecule has 3 rings (SSSR count). The Morgan fingerprint density at radius 3 is 1.88 bits per heavy atom. The number of benzene rings is 2. The first-order valence-electron chi connectivity index (χ1n) is 10.4. The summed E-state index contributed by atoms with van der Waals surface area (Å²) < 4.78 is 0. The van der Waals surface area contributed by atoms with Crippen LogP contribution in [0.4, 0.5) is 0 Å². The Labute approximate surface area is 213 Å². The summed E-state index contributed by atoms with van der Waals surface area (Å²) in [5, 5.41) is 4.73. The van der Waals surface area contributed by atoms with Crippen molar-refractivity contribution in [1.29, 1.82) is 0 Å². The van der Waals surface area contributed by atoms with E-state index in [2.05, 4.69) is 10.2 Å². The molecule has 174 valence electrons. The van der Waals surface area contributed by atoms with Gasteiger partial charge in [-0.25, -0.2) is 0 Å². The number of piperazine rings is 1. The van der Waals surface area contributed by atoms with Crippen molar-refractivity contribution in [2.24, 2.45) is 0 Å². The van der Waals surface area contributed by atoms with E-state index >= 15 is 0 Å².